The zero-order chi connectivity index (χ0) is 19.2. The molecule has 2 aromatic rings. The SMILES string of the molecule is Cc1ccc(Nc2cc(C)nc(NCCNC(=O)CC(F)(F)F)n2)cc1. The lowest BCUT2D eigenvalue weighted by atomic mass is 10.2. The van der Waals surface area contributed by atoms with Gasteiger partial charge in [0.15, 0.2) is 0 Å². The van der Waals surface area contributed by atoms with Gasteiger partial charge in [0, 0.05) is 30.5 Å². The molecule has 6 nitrogen and oxygen atoms in total. The number of hydrogen-bond acceptors (Lipinski definition) is 5. The second-order valence-corrected chi connectivity index (χ2v) is 5.78. The van der Waals surface area contributed by atoms with Crippen LogP contribution in [-0.2, 0) is 4.79 Å². The summed E-state index contributed by atoms with van der Waals surface area (Å²) >= 11 is 0. The Hall–Kier alpha value is -2.84. The molecule has 3 N–H and O–H groups in total. The number of hydrogen-bond donors (Lipinski definition) is 3. The Morgan fingerprint density at radius 2 is 1.77 bits per heavy atom. The maximum atomic E-state index is 12.1. The number of rotatable bonds is 7. The average molecular weight is 367 g/mol. The number of nitrogens with one attached hydrogen (secondary N) is 3. The highest BCUT2D eigenvalue weighted by molar-refractivity contribution is 5.76. The molecule has 0 aliphatic carbocycles. The van der Waals surface area contributed by atoms with E-state index in [2.05, 4.69) is 25.9 Å². The molecular weight excluding hydrogens is 347 g/mol. The fraction of sp³-hybridized carbons (Fsp3) is 0.353. The third-order valence-electron chi connectivity index (χ3n) is 3.27. The highest BCUT2D eigenvalue weighted by atomic mass is 19.4. The van der Waals surface area contributed by atoms with E-state index < -0.39 is 18.5 Å². The first-order valence-corrected chi connectivity index (χ1v) is 7.98. The minimum absolute atomic E-state index is 0.0347. The van der Waals surface area contributed by atoms with Gasteiger partial charge in [-0.05, 0) is 26.0 Å². The van der Waals surface area contributed by atoms with Crippen LogP contribution in [0.3, 0.4) is 0 Å². The summed E-state index contributed by atoms with van der Waals surface area (Å²) < 4.78 is 36.2. The molecule has 1 aromatic carbocycles. The molecule has 26 heavy (non-hydrogen) atoms. The monoisotopic (exact) mass is 367 g/mol. The van der Waals surface area contributed by atoms with Crippen LogP contribution >= 0.6 is 0 Å². The van der Waals surface area contributed by atoms with Gasteiger partial charge in [-0.1, -0.05) is 17.7 Å². The molecule has 0 bridgehead atoms. The number of carbonyl (C=O) groups excluding carboxylic acids is 1. The number of anilines is 3. The van der Waals surface area contributed by atoms with Gasteiger partial charge in [0.05, 0.1) is 0 Å². The summed E-state index contributed by atoms with van der Waals surface area (Å²) in [4.78, 5) is 19.6. The molecule has 0 aliphatic rings. The molecule has 1 amide bonds. The van der Waals surface area contributed by atoms with Crippen LogP contribution in [0.1, 0.15) is 17.7 Å². The lowest BCUT2D eigenvalue weighted by molar-refractivity contribution is -0.153. The van der Waals surface area contributed by atoms with E-state index >= 15 is 0 Å². The van der Waals surface area contributed by atoms with Crippen molar-refractivity contribution >= 4 is 23.4 Å². The highest BCUT2D eigenvalue weighted by Crippen LogP contribution is 2.19. The van der Waals surface area contributed by atoms with E-state index in [1.165, 1.54) is 0 Å². The van der Waals surface area contributed by atoms with Gasteiger partial charge in [-0.15, -0.1) is 0 Å². The maximum Gasteiger partial charge on any atom is 0.397 e. The van der Waals surface area contributed by atoms with Gasteiger partial charge >= 0.3 is 6.18 Å². The van der Waals surface area contributed by atoms with Crippen LogP contribution in [0.15, 0.2) is 30.3 Å². The second kappa shape index (κ2) is 8.50. The van der Waals surface area contributed by atoms with E-state index in [0.717, 1.165) is 16.9 Å². The first-order valence-electron chi connectivity index (χ1n) is 7.98. The van der Waals surface area contributed by atoms with Crippen LogP contribution in [0, 0.1) is 13.8 Å². The Kier molecular flexibility index (Phi) is 6.37. The summed E-state index contributed by atoms with van der Waals surface area (Å²) in [7, 11) is 0. The van der Waals surface area contributed by atoms with Crippen molar-refractivity contribution < 1.29 is 18.0 Å². The zero-order valence-corrected chi connectivity index (χ0v) is 14.4. The predicted octanol–water partition coefficient (Wildman–Crippen LogP) is 3.32. The summed E-state index contributed by atoms with van der Waals surface area (Å²) in [5.41, 5.74) is 2.74. The molecule has 0 unspecified atom stereocenters. The van der Waals surface area contributed by atoms with Gasteiger partial charge < -0.3 is 16.0 Å². The van der Waals surface area contributed by atoms with Crippen molar-refractivity contribution in [1.82, 2.24) is 15.3 Å². The second-order valence-electron chi connectivity index (χ2n) is 5.78. The molecule has 0 radical (unpaired) electrons. The number of carbonyl (C=O) groups is 1. The third-order valence-corrected chi connectivity index (χ3v) is 3.27. The van der Waals surface area contributed by atoms with Crippen molar-refractivity contribution in [2.24, 2.45) is 0 Å². The first-order chi connectivity index (χ1) is 12.2. The Morgan fingerprint density at radius 3 is 2.42 bits per heavy atom. The summed E-state index contributed by atoms with van der Waals surface area (Å²) in [5, 5.41) is 8.23. The van der Waals surface area contributed by atoms with E-state index in [4.69, 9.17) is 0 Å². The number of alkyl halides is 3. The quantitative estimate of drug-likeness (QED) is 0.655. The standard InChI is InChI=1S/C17H20F3N5O/c1-11-3-5-13(6-4-11)24-14-9-12(2)23-16(25-14)22-8-7-21-15(26)10-17(18,19)20/h3-6,9H,7-8,10H2,1-2H3,(H,21,26)(H2,22,23,24,25). The van der Waals surface area contributed by atoms with Gasteiger partial charge in [0.25, 0.3) is 0 Å². The number of aromatic nitrogens is 2. The van der Waals surface area contributed by atoms with Crippen molar-refractivity contribution in [3.05, 3.63) is 41.6 Å². The van der Waals surface area contributed by atoms with Crippen LogP contribution < -0.4 is 16.0 Å². The number of aryl methyl sites for hydroxylation is 2. The molecule has 9 heteroatoms. The van der Waals surface area contributed by atoms with E-state index in [1.807, 2.05) is 31.2 Å². The number of halogens is 3. The zero-order valence-electron chi connectivity index (χ0n) is 14.4. The Balaban J connectivity index is 1.87. The molecule has 1 heterocycles. The first kappa shape index (κ1) is 19.5. The maximum absolute atomic E-state index is 12.1. The molecule has 2 rings (SSSR count). The van der Waals surface area contributed by atoms with Gasteiger partial charge in [0.2, 0.25) is 11.9 Å². The van der Waals surface area contributed by atoms with Crippen molar-refractivity contribution in [3.8, 4) is 0 Å². The molecule has 0 spiro atoms. The van der Waals surface area contributed by atoms with Crippen molar-refractivity contribution in [1.29, 1.82) is 0 Å². The molecule has 140 valence electrons. The number of amides is 1. The molecule has 0 saturated heterocycles. The van der Waals surface area contributed by atoms with E-state index in [9.17, 15) is 18.0 Å². The minimum Gasteiger partial charge on any atom is -0.354 e. The summed E-state index contributed by atoms with van der Waals surface area (Å²) in [6, 6.07) is 9.57. The van der Waals surface area contributed by atoms with Crippen molar-refractivity contribution in [2.45, 2.75) is 26.4 Å². The predicted molar refractivity (Wildman–Crippen MR) is 93.4 cm³/mol. The number of nitrogens with zero attached hydrogens (tertiary/aromatic N) is 2. The molecule has 1 aromatic heterocycles. The van der Waals surface area contributed by atoms with E-state index in [0.29, 0.717) is 11.8 Å². The Morgan fingerprint density at radius 1 is 1.08 bits per heavy atom. The largest absolute Gasteiger partial charge is 0.397 e. The normalized spacial score (nSPS) is 11.1. The van der Waals surface area contributed by atoms with Crippen LogP contribution in [0.5, 0.6) is 0 Å². The van der Waals surface area contributed by atoms with Gasteiger partial charge in [-0.3, -0.25) is 4.79 Å². The van der Waals surface area contributed by atoms with Gasteiger partial charge in [-0.25, -0.2) is 4.98 Å². The fourth-order valence-corrected chi connectivity index (χ4v) is 2.12. The third kappa shape index (κ3) is 6.96. The fourth-order valence-electron chi connectivity index (χ4n) is 2.12. The van der Waals surface area contributed by atoms with Crippen LogP contribution in [-0.4, -0.2) is 35.1 Å². The van der Waals surface area contributed by atoms with Crippen LogP contribution in [0.4, 0.5) is 30.6 Å². The molecule has 0 saturated carbocycles. The lowest BCUT2D eigenvalue weighted by Gasteiger charge is -2.11. The molecular formula is C17H20F3N5O. The molecule has 0 aliphatic heterocycles. The summed E-state index contributed by atoms with van der Waals surface area (Å²) in [6.07, 6.45) is -5.99. The molecule has 0 atom stereocenters. The van der Waals surface area contributed by atoms with E-state index in [-0.39, 0.29) is 13.1 Å². The number of benzene rings is 1. The topological polar surface area (TPSA) is 78.9 Å². The van der Waals surface area contributed by atoms with Crippen molar-refractivity contribution in [2.75, 3.05) is 23.7 Å². The lowest BCUT2D eigenvalue weighted by Crippen LogP contribution is -2.32. The van der Waals surface area contributed by atoms with Gasteiger partial charge in [-0.2, -0.15) is 18.2 Å². The highest BCUT2D eigenvalue weighted by Gasteiger charge is 2.30. The Labute approximate surface area is 149 Å². The minimum atomic E-state index is -4.51. The van der Waals surface area contributed by atoms with E-state index in [1.54, 1.807) is 13.0 Å². The molecule has 0 fully saturated rings. The average Bonchev–Trinajstić information content (AvgIpc) is 2.52. The Bertz CT molecular complexity index is 747. The summed E-state index contributed by atoms with van der Waals surface area (Å²) in [5.74, 6) is -0.152. The van der Waals surface area contributed by atoms with Gasteiger partial charge in [0.1, 0.15) is 12.2 Å². The smallest absolute Gasteiger partial charge is 0.354 e. The van der Waals surface area contributed by atoms with Crippen LogP contribution in [0.25, 0.3) is 0 Å². The van der Waals surface area contributed by atoms with Crippen molar-refractivity contribution in [3.63, 3.8) is 0 Å². The van der Waals surface area contributed by atoms with Crippen LogP contribution in [0.2, 0.25) is 0 Å². The summed E-state index contributed by atoms with van der Waals surface area (Å²) in [6.45, 7) is 4.04.